The van der Waals surface area contributed by atoms with Crippen LogP contribution in [0.25, 0.3) is 27.7 Å². The number of hydrogen-bond donors (Lipinski definition) is 1. The number of carboxylic acids is 1. The van der Waals surface area contributed by atoms with Gasteiger partial charge in [0.15, 0.2) is 0 Å². The summed E-state index contributed by atoms with van der Waals surface area (Å²) < 4.78 is 36.2. The topological polar surface area (TPSA) is 51.5 Å². The van der Waals surface area contributed by atoms with Crippen molar-refractivity contribution in [2.24, 2.45) is 0 Å². The first kappa shape index (κ1) is 21.3. The van der Waals surface area contributed by atoms with Crippen molar-refractivity contribution in [3.05, 3.63) is 89.1 Å². The van der Waals surface area contributed by atoms with E-state index in [0.717, 1.165) is 46.3 Å². The van der Waals surface area contributed by atoms with Gasteiger partial charge in [0.1, 0.15) is 11.6 Å². The molecule has 0 saturated carbocycles. The molecule has 3 aromatic carbocycles. The monoisotopic (exact) mass is 447 g/mol. The van der Waals surface area contributed by atoms with Gasteiger partial charge in [-0.3, -0.25) is 0 Å². The second-order valence-electron chi connectivity index (χ2n) is 8.46. The Bertz CT molecular complexity index is 1350. The van der Waals surface area contributed by atoms with E-state index in [4.69, 9.17) is 4.74 Å². The van der Waals surface area contributed by atoms with Gasteiger partial charge in [0.25, 0.3) is 0 Å². The highest BCUT2D eigenvalue weighted by Crippen LogP contribution is 2.44. The van der Waals surface area contributed by atoms with Crippen molar-refractivity contribution in [2.75, 3.05) is 13.2 Å². The quantitative estimate of drug-likeness (QED) is 0.390. The zero-order valence-electron chi connectivity index (χ0n) is 18.1. The Morgan fingerprint density at radius 3 is 2.39 bits per heavy atom. The lowest BCUT2D eigenvalue weighted by atomic mass is 9.89. The minimum atomic E-state index is -0.999. The van der Waals surface area contributed by atoms with Gasteiger partial charge in [-0.2, -0.15) is 0 Å². The molecule has 1 aliphatic rings. The van der Waals surface area contributed by atoms with Gasteiger partial charge in [-0.05, 0) is 79.4 Å². The Morgan fingerprint density at radius 2 is 1.73 bits per heavy atom. The van der Waals surface area contributed by atoms with Gasteiger partial charge in [-0.25, -0.2) is 13.6 Å². The van der Waals surface area contributed by atoms with E-state index in [1.54, 1.807) is 49.4 Å². The van der Waals surface area contributed by atoms with Gasteiger partial charge in [0, 0.05) is 41.5 Å². The second-order valence-corrected chi connectivity index (χ2v) is 8.46. The largest absolute Gasteiger partial charge is 0.478 e. The van der Waals surface area contributed by atoms with Crippen LogP contribution in [0, 0.1) is 18.6 Å². The average molecular weight is 447 g/mol. The summed E-state index contributed by atoms with van der Waals surface area (Å²) in [5.41, 5.74) is 5.04. The molecule has 0 aliphatic carbocycles. The molecule has 168 valence electrons. The van der Waals surface area contributed by atoms with Gasteiger partial charge in [0.05, 0.1) is 11.1 Å². The van der Waals surface area contributed by atoms with Crippen LogP contribution in [0.1, 0.15) is 40.4 Å². The Hall–Kier alpha value is -3.51. The van der Waals surface area contributed by atoms with Gasteiger partial charge in [-0.15, -0.1) is 0 Å². The number of aromatic nitrogens is 1. The number of carboxylic acid groups (broad SMARTS) is 1. The van der Waals surface area contributed by atoms with Gasteiger partial charge < -0.3 is 14.4 Å². The van der Waals surface area contributed by atoms with Crippen molar-refractivity contribution >= 4 is 16.9 Å². The molecule has 6 heteroatoms. The predicted octanol–water partition coefficient (Wildman–Crippen LogP) is 6.48. The zero-order valence-corrected chi connectivity index (χ0v) is 18.1. The van der Waals surface area contributed by atoms with Crippen LogP contribution in [-0.2, 0) is 4.74 Å². The summed E-state index contributed by atoms with van der Waals surface area (Å²) >= 11 is 0. The number of ether oxygens (including phenoxy) is 1. The molecule has 4 nitrogen and oxygen atoms in total. The summed E-state index contributed by atoms with van der Waals surface area (Å²) in [5.74, 6) is -1.48. The fourth-order valence-corrected chi connectivity index (χ4v) is 4.77. The van der Waals surface area contributed by atoms with Crippen molar-refractivity contribution in [3.63, 3.8) is 0 Å². The van der Waals surface area contributed by atoms with Gasteiger partial charge >= 0.3 is 5.97 Å². The summed E-state index contributed by atoms with van der Waals surface area (Å²) in [4.78, 5) is 11.4. The standard InChI is InChI=1S/C27H23F2NO3/c1-16-14-21(7-8-23(16)29)30-24-9-6-20(28)15-22(24)25(26(30)18-10-12-33-13-11-18)17-2-4-19(5-3-17)27(31)32/h2-9,14-15,18H,10-13H2,1H3,(H,31,32). The maximum Gasteiger partial charge on any atom is 0.335 e. The first-order chi connectivity index (χ1) is 15.9. The van der Waals surface area contributed by atoms with E-state index < -0.39 is 5.97 Å². The minimum absolute atomic E-state index is 0.147. The summed E-state index contributed by atoms with van der Waals surface area (Å²) in [7, 11) is 0. The molecule has 33 heavy (non-hydrogen) atoms. The molecular formula is C27H23F2NO3. The SMILES string of the molecule is Cc1cc(-n2c(C3CCOCC3)c(-c3ccc(C(=O)O)cc3)c3cc(F)ccc32)ccc1F. The molecule has 1 saturated heterocycles. The van der Waals surface area contributed by atoms with E-state index in [1.165, 1.54) is 18.2 Å². The molecule has 4 aromatic rings. The Morgan fingerprint density at radius 1 is 1.00 bits per heavy atom. The Labute approximate surface area is 190 Å². The summed E-state index contributed by atoms with van der Waals surface area (Å²) in [6.45, 7) is 2.98. The van der Waals surface area contributed by atoms with Crippen LogP contribution in [0.5, 0.6) is 0 Å². The van der Waals surface area contributed by atoms with Crippen molar-refractivity contribution in [3.8, 4) is 16.8 Å². The smallest absolute Gasteiger partial charge is 0.335 e. The number of carbonyl (C=O) groups is 1. The zero-order chi connectivity index (χ0) is 23.1. The molecule has 1 fully saturated rings. The molecule has 0 atom stereocenters. The van der Waals surface area contributed by atoms with Gasteiger partial charge in [-0.1, -0.05) is 12.1 Å². The maximum absolute atomic E-state index is 14.4. The highest BCUT2D eigenvalue weighted by Gasteiger charge is 2.28. The second kappa shape index (κ2) is 8.45. The third-order valence-electron chi connectivity index (χ3n) is 6.39. The molecule has 5 rings (SSSR count). The number of halogens is 2. The molecule has 0 amide bonds. The van der Waals surface area contributed by atoms with E-state index >= 15 is 0 Å². The van der Waals surface area contributed by atoms with E-state index in [-0.39, 0.29) is 23.1 Å². The highest BCUT2D eigenvalue weighted by molar-refractivity contribution is 6.00. The first-order valence-corrected chi connectivity index (χ1v) is 11.0. The summed E-state index contributed by atoms with van der Waals surface area (Å²) in [6.07, 6.45) is 1.61. The van der Waals surface area contributed by atoms with E-state index in [1.807, 2.05) is 0 Å². The van der Waals surface area contributed by atoms with E-state index in [0.29, 0.717) is 18.8 Å². The molecule has 1 aromatic heterocycles. The van der Waals surface area contributed by atoms with Crippen molar-refractivity contribution in [2.45, 2.75) is 25.7 Å². The molecular weight excluding hydrogens is 424 g/mol. The van der Waals surface area contributed by atoms with E-state index in [9.17, 15) is 18.7 Å². The number of aryl methyl sites for hydroxylation is 1. The normalized spacial score (nSPS) is 14.6. The lowest BCUT2D eigenvalue weighted by molar-refractivity contribution is 0.0697. The molecule has 1 aliphatic heterocycles. The summed E-state index contributed by atoms with van der Waals surface area (Å²) in [6, 6.07) is 16.4. The fraction of sp³-hybridized carbons (Fsp3) is 0.222. The number of rotatable bonds is 4. The minimum Gasteiger partial charge on any atom is -0.478 e. The molecule has 0 bridgehead atoms. The first-order valence-electron chi connectivity index (χ1n) is 11.0. The third kappa shape index (κ3) is 3.80. The Balaban J connectivity index is 1.85. The highest BCUT2D eigenvalue weighted by atomic mass is 19.1. The van der Waals surface area contributed by atoms with Crippen LogP contribution in [0.4, 0.5) is 8.78 Å². The van der Waals surface area contributed by atoms with Crippen LogP contribution in [0.3, 0.4) is 0 Å². The van der Waals surface area contributed by atoms with Crippen LogP contribution in [-0.4, -0.2) is 28.9 Å². The molecule has 0 unspecified atom stereocenters. The van der Waals surface area contributed by atoms with Crippen molar-refractivity contribution < 1.29 is 23.4 Å². The van der Waals surface area contributed by atoms with Crippen LogP contribution < -0.4 is 0 Å². The molecule has 2 heterocycles. The van der Waals surface area contributed by atoms with Crippen LogP contribution >= 0.6 is 0 Å². The number of aromatic carboxylic acids is 1. The summed E-state index contributed by atoms with van der Waals surface area (Å²) in [5, 5.41) is 10.1. The van der Waals surface area contributed by atoms with Crippen LogP contribution in [0.2, 0.25) is 0 Å². The van der Waals surface area contributed by atoms with E-state index in [2.05, 4.69) is 4.57 Å². The van der Waals surface area contributed by atoms with Crippen LogP contribution in [0.15, 0.2) is 60.7 Å². The number of nitrogens with zero attached hydrogens (tertiary/aromatic N) is 1. The number of hydrogen-bond acceptors (Lipinski definition) is 2. The Kier molecular flexibility index (Phi) is 5.46. The molecule has 0 spiro atoms. The predicted molar refractivity (Wildman–Crippen MR) is 123 cm³/mol. The van der Waals surface area contributed by atoms with Crippen molar-refractivity contribution in [1.82, 2.24) is 4.57 Å². The third-order valence-corrected chi connectivity index (χ3v) is 6.39. The number of benzene rings is 3. The fourth-order valence-electron chi connectivity index (χ4n) is 4.77. The maximum atomic E-state index is 14.4. The van der Waals surface area contributed by atoms with Gasteiger partial charge in [0.2, 0.25) is 0 Å². The molecule has 0 radical (unpaired) electrons. The molecule has 1 N–H and O–H groups in total. The number of fused-ring (bicyclic) bond motifs is 1. The van der Waals surface area contributed by atoms with Crippen molar-refractivity contribution in [1.29, 1.82) is 0 Å². The lowest BCUT2D eigenvalue weighted by Gasteiger charge is -2.26. The lowest BCUT2D eigenvalue weighted by Crippen LogP contribution is -2.17. The average Bonchev–Trinajstić information content (AvgIpc) is 3.15.